The summed E-state index contributed by atoms with van der Waals surface area (Å²) in [7, 11) is 2.10. The summed E-state index contributed by atoms with van der Waals surface area (Å²) >= 11 is 0. The van der Waals surface area contributed by atoms with Crippen molar-refractivity contribution in [2.75, 3.05) is 24.2 Å². The summed E-state index contributed by atoms with van der Waals surface area (Å²) in [5, 5.41) is 0. The third-order valence-electron chi connectivity index (χ3n) is 3.13. The number of aryl methyl sites for hydroxylation is 1. The van der Waals surface area contributed by atoms with Gasteiger partial charge in [0.1, 0.15) is 0 Å². The highest BCUT2D eigenvalue weighted by atomic mass is 15.1. The Hall–Kier alpha value is -2.03. The topological polar surface area (TPSA) is 42.1 Å². The molecule has 1 heterocycles. The molecule has 94 valence electrons. The maximum absolute atomic E-state index is 5.84. The fourth-order valence-electron chi connectivity index (χ4n) is 2.00. The third-order valence-corrected chi connectivity index (χ3v) is 3.13. The Balaban J connectivity index is 2.03. The molecule has 3 nitrogen and oxygen atoms in total. The minimum Gasteiger partial charge on any atom is -0.399 e. The number of nitrogen functional groups attached to an aromatic ring is 1. The molecule has 0 spiro atoms. The van der Waals surface area contributed by atoms with Crippen LogP contribution in [0.2, 0.25) is 0 Å². The van der Waals surface area contributed by atoms with Crippen LogP contribution in [0.25, 0.3) is 0 Å². The van der Waals surface area contributed by atoms with Gasteiger partial charge in [0.25, 0.3) is 0 Å². The summed E-state index contributed by atoms with van der Waals surface area (Å²) in [6.07, 6.45) is 4.68. The van der Waals surface area contributed by atoms with Crippen LogP contribution in [0.15, 0.2) is 42.7 Å². The Bertz CT molecular complexity index is 508. The van der Waals surface area contributed by atoms with Crippen LogP contribution in [0.3, 0.4) is 0 Å². The second-order valence-corrected chi connectivity index (χ2v) is 4.57. The quantitative estimate of drug-likeness (QED) is 0.837. The van der Waals surface area contributed by atoms with Crippen LogP contribution < -0.4 is 10.6 Å². The number of nitrogens with two attached hydrogens (primary N) is 1. The Morgan fingerprint density at radius 3 is 2.61 bits per heavy atom. The molecule has 2 aromatic rings. The molecule has 0 amide bonds. The van der Waals surface area contributed by atoms with Crippen molar-refractivity contribution in [1.82, 2.24) is 4.98 Å². The van der Waals surface area contributed by atoms with E-state index in [0.29, 0.717) is 0 Å². The van der Waals surface area contributed by atoms with E-state index in [2.05, 4.69) is 42.1 Å². The molecule has 0 saturated heterocycles. The monoisotopic (exact) mass is 241 g/mol. The first-order valence-corrected chi connectivity index (χ1v) is 6.13. The number of aromatic nitrogens is 1. The standard InChI is InChI=1S/C15H19N3/c1-12-3-4-14(16)11-15(12)18(2)10-7-13-5-8-17-9-6-13/h3-6,8-9,11H,7,10,16H2,1-2H3. The number of likely N-dealkylation sites (N-methyl/N-ethyl adjacent to an activating group) is 1. The Labute approximate surface area is 108 Å². The van der Waals surface area contributed by atoms with Gasteiger partial charge in [-0.1, -0.05) is 6.07 Å². The molecule has 0 atom stereocenters. The van der Waals surface area contributed by atoms with Crippen molar-refractivity contribution >= 4 is 11.4 Å². The lowest BCUT2D eigenvalue weighted by Crippen LogP contribution is -2.21. The molecule has 1 aromatic heterocycles. The zero-order valence-electron chi connectivity index (χ0n) is 10.9. The van der Waals surface area contributed by atoms with Crippen molar-refractivity contribution in [3.8, 4) is 0 Å². The van der Waals surface area contributed by atoms with Crippen molar-refractivity contribution in [3.05, 3.63) is 53.9 Å². The molecule has 0 aliphatic carbocycles. The fourth-order valence-corrected chi connectivity index (χ4v) is 2.00. The number of hydrogen-bond donors (Lipinski definition) is 1. The van der Waals surface area contributed by atoms with Gasteiger partial charge in [-0.05, 0) is 48.7 Å². The van der Waals surface area contributed by atoms with Gasteiger partial charge in [-0.15, -0.1) is 0 Å². The van der Waals surface area contributed by atoms with Crippen LogP contribution in [-0.2, 0) is 6.42 Å². The highest BCUT2D eigenvalue weighted by Gasteiger charge is 2.05. The fraction of sp³-hybridized carbons (Fsp3) is 0.267. The summed E-state index contributed by atoms with van der Waals surface area (Å²) in [5.74, 6) is 0. The average molecular weight is 241 g/mol. The van der Waals surface area contributed by atoms with Crippen LogP contribution >= 0.6 is 0 Å². The van der Waals surface area contributed by atoms with Gasteiger partial charge in [-0.2, -0.15) is 0 Å². The first-order chi connectivity index (χ1) is 8.66. The largest absolute Gasteiger partial charge is 0.399 e. The first-order valence-electron chi connectivity index (χ1n) is 6.13. The normalized spacial score (nSPS) is 10.3. The van der Waals surface area contributed by atoms with Gasteiger partial charge in [0, 0.05) is 37.4 Å². The zero-order chi connectivity index (χ0) is 13.0. The van der Waals surface area contributed by atoms with Gasteiger partial charge in [0.2, 0.25) is 0 Å². The highest BCUT2D eigenvalue weighted by molar-refractivity contribution is 5.60. The van der Waals surface area contributed by atoms with Crippen molar-refractivity contribution in [2.24, 2.45) is 0 Å². The lowest BCUT2D eigenvalue weighted by Gasteiger charge is -2.21. The predicted octanol–water partition coefficient (Wildman–Crippen LogP) is 2.65. The Kier molecular flexibility index (Phi) is 3.82. The molecule has 1 aromatic carbocycles. The van der Waals surface area contributed by atoms with E-state index in [1.165, 1.54) is 16.8 Å². The molecule has 18 heavy (non-hydrogen) atoms. The van der Waals surface area contributed by atoms with E-state index in [1.807, 2.05) is 24.5 Å². The molecule has 0 fully saturated rings. The first kappa shape index (κ1) is 12.4. The van der Waals surface area contributed by atoms with E-state index in [-0.39, 0.29) is 0 Å². The van der Waals surface area contributed by atoms with E-state index in [0.717, 1.165) is 18.7 Å². The summed E-state index contributed by atoms with van der Waals surface area (Å²) in [4.78, 5) is 6.27. The molecule has 0 aliphatic heterocycles. The van der Waals surface area contributed by atoms with E-state index in [1.54, 1.807) is 0 Å². The summed E-state index contributed by atoms with van der Waals surface area (Å²) in [6.45, 7) is 3.08. The van der Waals surface area contributed by atoms with Crippen molar-refractivity contribution < 1.29 is 0 Å². The molecule has 0 saturated carbocycles. The van der Waals surface area contributed by atoms with Crippen LogP contribution in [0.1, 0.15) is 11.1 Å². The van der Waals surface area contributed by atoms with Gasteiger partial charge < -0.3 is 10.6 Å². The van der Waals surface area contributed by atoms with Gasteiger partial charge in [0.15, 0.2) is 0 Å². The Morgan fingerprint density at radius 1 is 1.17 bits per heavy atom. The molecule has 0 bridgehead atoms. The number of pyridine rings is 1. The molecule has 2 N–H and O–H groups in total. The molecule has 3 heteroatoms. The molecule has 0 unspecified atom stereocenters. The maximum Gasteiger partial charge on any atom is 0.0414 e. The number of anilines is 2. The van der Waals surface area contributed by atoms with E-state index in [9.17, 15) is 0 Å². The van der Waals surface area contributed by atoms with Gasteiger partial charge >= 0.3 is 0 Å². The SMILES string of the molecule is Cc1ccc(N)cc1N(C)CCc1ccncc1. The minimum absolute atomic E-state index is 0.811. The van der Waals surface area contributed by atoms with Crippen molar-refractivity contribution in [2.45, 2.75) is 13.3 Å². The number of hydrogen-bond acceptors (Lipinski definition) is 3. The zero-order valence-corrected chi connectivity index (χ0v) is 10.9. The molecular formula is C15H19N3. The highest BCUT2D eigenvalue weighted by Crippen LogP contribution is 2.21. The lowest BCUT2D eigenvalue weighted by atomic mass is 10.1. The van der Waals surface area contributed by atoms with Crippen molar-refractivity contribution in [1.29, 1.82) is 0 Å². The minimum atomic E-state index is 0.811. The average Bonchev–Trinajstić information content (AvgIpc) is 2.40. The molecule has 2 rings (SSSR count). The van der Waals surface area contributed by atoms with Crippen LogP contribution in [0.5, 0.6) is 0 Å². The Morgan fingerprint density at radius 2 is 1.89 bits per heavy atom. The maximum atomic E-state index is 5.84. The van der Waals surface area contributed by atoms with E-state index in [4.69, 9.17) is 5.73 Å². The summed E-state index contributed by atoms with van der Waals surface area (Å²) < 4.78 is 0. The third kappa shape index (κ3) is 3.00. The second-order valence-electron chi connectivity index (χ2n) is 4.57. The number of nitrogens with zero attached hydrogens (tertiary/aromatic N) is 2. The molecular weight excluding hydrogens is 222 g/mol. The summed E-state index contributed by atoms with van der Waals surface area (Å²) in [6, 6.07) is 10.1. The summed E-state index contributed by atoms with van der Waals surface area (Å²) in [5.41, 5.74) is 10.4. The van der Waals surface area contributed by atoms with E-state index >= 15 is 0 Å². The van der Waals surface area contributed by atoms with Gasteiger partial charge in [-0.3, -0.25) is 4.98 Å². The molecule has 0 radical (unpaired) electrons. The predicted molar refractivity (Wildman–Crippen MR) is 76.8 cm³/mol. The smallest absolute Gasteiger partial charge is 0.0414 e. The van der Waals surface area contributed by atoms with Crippen LogP contribution in [-0.4, -0.2) is 18.6 Å². The second kappa shape index (κ2) is 5.54. The van der Waals surface area contributed by atoms with Gasteiger partial charge in [0.05, 0.1) is 0 Å². The number of benzene rings is 1. The van der Waals surface area contributed by atoms with Crippen molar-refractivity contribution in [3.63, 3.8) is 0 Å². The van der Waals surface area contributed by atoms with Crippen LogP contribution in [0, 0.1) is 6.92 Å². The van der Waals surface area contributed by atoms with E-state index < -0.39 is 0 Å². The van der Waals surface area contributed by atoms with Gasteiger partial charge in [-0.25, -0.2) is 0 Å². The lowest BCUT2D eigenvalue weighted by molar-refractivity contribution is 0.871. The molecule has 0 aliphatic rings. The van der Waals surface area contributed by atoms with Crippen LogP contribution in [0.4, 0.5) is 11.4 Å². The number of rotatable bonds is 4.